The van der Waals surface area contributed by atoms with Crippen molar-refractivity contribution in [1.29, 1.82) is 0 Å². The van der Waals surface area contributed by atoms with E-state index < -0.39 is 5.60 Å². The molecule has 1 aliphatic heterocycles. The van der Waals surface area contributed by atoms with Crippen molar-refractivity contribution in [3.05, 3.63) is 35.9 Å². The minimum atomic E-state index is -0.795. The maximum Gasteiger partial charge on any atom is 0.122 e. The number of hydrogen-bond acceptors (Lipinski definition) is 3. The SMILES string of the molecule is O=CCC1(O)CCN(Cc2ccccc2)C1. The summed E-state index contributed by atoms with van der Waals surface area (Å²) in [6.45, 7) is 2.31. The van der Waals surface area contributed by atoms with Crippen molar-refractivity contribution in [3.63, 3.8) is 0 Å². The first-order chi connectivity index (χ1) is 7.72. The lowest BCUT2D eigenvalue weighted by atomic mass is 10.0. The summed E-state index contributed by atoms with van der Waals surface area (Å²) >= 11 is 0. The number of rotatable bonds is 4. The van der Waals surface area contributed by atoms with Gasteiger partial charge in [0.2, 0.25) is 0 Å². The van der Waals surface area contributed by atoms with Crippen LogP contribution in [0.4, 0.5) is 0 Å². The van der Waals surface area contributed by atoms with Crippen molar-refractivity contribution in [3.8, 4) is 0 Å². The molecule has 0 bridgehead atoms. The zero-order chi connectivity index (χ0) is 11.4. The molecule has 0 spiro atoms. The molecule has 1 unspecified atom stereocenters. The van der Waals surface area contributed by atoms with Crippen molar-refractivity contribution in [1.82, 2.24) is 4.90 Å². The van der Waals surface area contributed by atoms with E-state index in [2.05, 4.69) is 17.0 Å². The second kappa shape index (κ2) is 4.76. The van der Waals surface area contributed by atoms with Crippen LogP contribution in [0, 0.1) is 0 Å². The Labute approximate surface area is 95.7 Å². The minimum absolute atomic E-state index is 0.248. The van der Waals surface area contributed by atoms with Gasteiger partial charge in [-0.3, -0.25) is 4.90 Å². The minimum Gasteiger partial charge on any atom is -0.388 e. The fourth-order valence-electron chi connectivity index (χ4n) is 2.24. The standard InChI is InChI=1S/C13H17NO2/c15-9-7-13(16)6-8-14(11-13)10-12-4-2-1-3-5-12/h1-5,9,16H,6-8,10-11H2. The van der Waals surface area contributed by atoms with Crippen molar-refractivity contribution >= 4 is 6.29 Å². The fourth-order valence-corrected chi connectivity index (χ4v) is 2.24. The predicted octanol–water partition coefficient (Wildman–Crippen LogP) is 1.21. The van der Waals surface area contributed by atoms with E-state index in [0.717, 1.165) is 19.4 Å². The molecule has 86 valence electrons. The highest BCUT2D eigenvalue weighted by Gasteiger charge is 2.35. The Morgan fingerprint density at radius 3 is 2.81 bits per heavy atom. The lowest BCUT2D eigenvalue weighted by Gasteiger charge is -2.21. The predicted molar refractivity (Wildman–Crippen MR) is 62.0 cm³/mol. The lowest BCUT2D eigenvalue weighted by molar-refractivity contribution is -0.111. The van der Waals surface area contributed by atoms with Crippen LogP contribution in [0.1, 0.15) is 18.4 Å². The maximum atomic E-state index is 10.5. The molecule has 1 heterocycles. The van der Waals surface area contributed by atoms with Gasteiger partial charge in [-0.1, -0.05) is 30.3 Å². The Morgan fingerprint density at radius 2 is 2.12 bits per heavy atom. The zero-order valence-corrected chi connectivity index (χ0v) is 9.30. The Balaban J connectivity index is 1.92. The molecule has 3 heteroatoms. The quantitative estimate of drug-likeness (QED) is 0.774. The third-order valence-corrected chi connectivity index (χ3v) is 3.12. The topological polar surface area (TPSA) is 40.5 Å². The second-order valence-corrected chi connectivity index (χ2v) is 4.54. The number of hydrogen-bond donors (Lipinski definition) is 1. The van der Waals surface area contributed by atoms with E-state index in [9.17, 15) is 9.90 Å². The van der Waals surface area contributed by atoms with Gasteiger partial charge in [0.25, 0.3) is 0 Å². The van der Waals surface area contributed by atoms with Crippen LogP contribution in [0.3, 0.4) is 0 Å². The molecule has 1 atom stereocenters. The van der Waals surface area contributed by atoms with Gasteiger partial charge < -0.3 is 9.90 Å². The van der Waals surface area contributed by atoms with Gasteiger partial charge in [0, 0.05) is 26.1 Å². The molecule has 1 aliphatic rings. The number of carbonyl (C=O) groups is 1. The van der Waals surface area contributed by atoms with Crippen LogP contribution in [-0.4, -0.2) is 35.0 Å². The van der Waals surface area contributed by atoms with Gasteiger partial charge in [-0.15, -0.1) is 0 Å². The molecule has 1 aromatic rings. The van der Waals surface area contributed by atoms with Gasteiger partial charge >= 0.3 is 0 Å². The molecule has 16 heavy (non-hydrogen) atoms. The molecule has 1 fully saturated rings. The molecule has 0 aliphatic carbocycles. The van der Waals surface area contributed by atoms with Crippen LogP contribution in [-0.2, 0) is 11.3 Å². The molecule has 0 saturated carbocycles. The van der Waals surface area contributed by atoms with Gasteiger partial charge in [-0.05, 0) is 12.0 Å². The van der Waals surface area contributed by atoms with Crippen LogP contribution >= 0.6 is 0 Å². The molecular weight excluding hydrogens is 202 g/mol. The number of aldehydes is 1. The summed E-state index contributed by atoms with van der Waals surface area (Å²) in [5, 5.41) is 10.1. The highest BCUT2D eigenvalue weighted by molar-refractivity contribution is 5.51. The van der Waals surface area contributed by atoms with Gasteiger partial charge in [-0.25, -0.2) is 0 Å². The largest absolute Gasteiger partial charge is 0.388 e. The van der Waals surface area contributed by atoms with Crippen LogP contribution in [0.5, 0.6) is 0 Å². The van der Waals surface area contributed by atoms with Gasteiger partial charge in [0.05, 0.1) is 5.60 Å². The molecule has 0 radical (unpaired) electrons. The van der Waals surface area contributed by atoms with Crippen LogP contribution in [0.25, 0.3) is 0 Å². The average molecular weight is 219 g/mol. The van der Waals surface area contributed by atoms with Gasteiger partial charge in [0.1, 0.15) is 6.29 Å². The van der Waals surface area contributed by atoms with Crippen LogP contribution in [0.2, 0.25) is 0 Å². The summed E-state index contributed by atoms with van der Waals surface area (Å²) in [5.41, 5.74) is 0.453. The highest BCUT2D eigenvalue weighted by Crippen LogP contribution is 2.24. The molecule has 3 nitrogen and oxygen atoms in total. The summed E-state index contributed by atoms with van der Waals surface area (Å²) in [5.74, 6) is 0. The van der Waals surface area contributed by atoms with Crippen LogP contribution in [0.15, 0.2) is 30.3 Å². The fraction of sp³-hybridized carbons (Fsp3) is 0.462. The number of β-amino-alcohol motifs (C(OH)–C–C–N with tert-alkyl or cyclic N) is 1. The molecular formula is C13H17NO2. The summed E-state index contributed by atoms with van der Waals surface area (Å²) < 4.78 is 0. The first kappa shape index (κ1) is 11.3. The molecule has 1 saturated heterocycles. The maximum absolute atomic E-state index is 10.5. The van der Waals surface area contributed by atoms with Crippen molar-refractivity contribution < 1.29 is 9.90 Å². The van der Waals surface area contributed by atoms with E-state index in [0.29, 0.717) is 13.0 Å². The van der Waals surface area contributed by atoms with E-state index in [4.69, 9.17) is 0 Å². The normalized spacial score (nSPS) is 25.8. The molecule has 2 rings (SSSR count). The molecule has 0 amide bonds. The Bertz CT molecular complexity index is 352. The first-order valence-electron chi connectivity index (χ1n) is 5.64. The van der Waals surface area contributed by atoms with Gasteiger partial charge in [0.15, 0.2) is 0 Å². The van der Waals surface area contributed by atoms with E-state index in [1.54, 1.807) is 0 Å². The third kappa shape index (κ3) is 2.68. The Morgan fingerprint density at radius 1 is 1.38 bits per heavy atom. The smallest absolute Gasteiger partial charge is 0.122 e. The summed E-state index contributed by atoms with van der Waals surface area (Å²) in [7, 11) is 0. The van der Waals surface area contributed by atoms with Gasteiger partial charge in [-0.2, -0.15) is 0 Å². The Kier molecular flexibility index (Phi) is 3.36. The van der Waals surface area contributed by atoms with E-state index >= 15 is 0 Å². The van der Waals surface area contributed by atoms with Crippen LogP contribution < -0.4 is 0 Å². The van der Waals surface area contributed by atoms with E-state index in [1.165, 1.54) is 5.56 Å². The first-order valence-corrected chi connectivity index (χ1v) is 5.64. The number of aliphatic hydroxyl groups is 1. The third-order valence-electron chi connectivity index (χ3n) is 3.12. The number of benzene rings is 1. The lowest BCUT2D eigenvalue weighted by Crippen LogP contribution is -2.33. The highest BCUT2D eigenvalue weighted by atomic mass is 16.3. The molecule has 1 N–H and O–H groups in total. The molecule has 1 aromatic carbocycles. The van der Waals surface area contributed by atoms with Crippen molar-refractivity contribution in [2.75, 3.05) is 13.1 Å². The van der Waals surface area contributed by atoms with E-state index in [1.807, 2.05) is 18.2 Å². The summed E-state index contributed by atoms with van der Waals surface area (Å²) in [4.78, 5) is 12.6. The summed E-state index contributed by atoms with van der Waals surface area (Å²) in [6.07, 6.45) is 1.75. The Hall–Kier alpha value is -1.19. The van der Waals surface area contributed by atoms with Crippen molar-refractivity contribution in [2.24, 2.45) is 0 Å². The number of nitrogens with zero attached hydrogens (tertiary/aromatic N) is 1. The van der Waals surface area contributed by atoms with E-state index in [-0.39, 0.29) is 6.42 Å². The van der Waals surface area contributed by atoms with Crippen molar-refractivity contribution in [2.45, 2.75) is 25.0 Å². The second-order valence-electron chi connectivity index (χ2n) is 4.54. The monoisotopic (exact) mass is 219 g/mol. The number of likely N-dealkylation sites (tertiary alicyclic amines) is 1. The average Bonchev–Trinajstić information content (AvgIpc) is 2.62. The summed E-state index contributed by atoms with van der Waals surface area (Å²) in [6, 6.07) is 10.2. The zero-order valence-electron chi connectivity index (χ0n) is 9.30. The molecule has 0 aromatic heterocycles. The number of carbonyl (C=O) groups excluding carboxylic acids is 1.